The Labute approximate surface area is 113 Å². The van der Waals surface area contributed by atoms with E-state index >= 15 is 0 Å². The first-order chi connectivity index (χ1) is 9.08. The Balaban J connectivity index is 2.11. The summed E-state index contributed by atoms with van der Waals surface area (Å²) in [7, 11) is 0. The van der Waals surface area contributed by atoms with E-state index < -0.39 is 12.0 Å². The summed E-state index contributed by atoms with van der Waals surface area (Å²) in [5, 5.41) is 15.9. The first-order valence-corrected chi connectivity index (χ1v) is 6.40. The quantitative estimate of drug-likeness (QED) is 0.804. The van der Waals surface area contributed by atoms with Crippen molar-refractivity contribution >= 4 is 34.7 Å². The Kier molecular flexibility index (Phi) is 3.82. The summed E-state index contributed by atoms with van der Waals surface area (Å²) >= 11 is 1.09. The van der Waals surface area contributed by atoms with E-state index in [1.165, 1.54) is 0 Å². The number of urea groups is 1. The smallest absolute Gasteiger partial charge is 0.348 e. The minimum Gasteiger partial charge on any atom is -0.477 e. The van der Waals surface area contributed by atoms with Crippen molar-refractivity contribution in [1.82, 2.24) is 0 Å². The molecule has 6 heteroatoms. The SMILES string of the molecule is Cc1csc(C(=O)O)c1NC(=O)Nc1ccccc1. The van der Waals surface area contributed by atoms with Crippen molar-refractivity contribution in [2.45, 2.75) is 6.92 Å². The van der Waals surface area contributed by atoms with Crippen molar-refractivity contribution in [2.75, 3.05) is 10.6 Å². The summed E-state index contributed by atoms with van der Waals surface area (Å²) < 4.78 is 0. The lowest BCUT2D eigenvalue weighted by Gasteiger charge is -2.08. The average molecular weight is 276 g/mol. The zero-order chi connectivity index (χ0) is 13.8. The Hall–Kier alpha value is -2.34. The molecule has 2 amide bonds. The van der Waals surface area contributed by atoms with Gasteiger partial charge in [0.15, 0.2) is 0 Å². The highest BCUT2D eigenvalue weighted by Gasteiger charge is 2.17. The molecule has 3 N–H and O–H groups in total. The van der Waals surface area contributed by atoms with Crippen molar-refractivity contribution in [2.24, 2.45) is 0 Å². The highest BCUT2D eigenvalue weighted by Crippen LogP contribution is 2.27. The lowest BCUT2D eigenvalue weighted by molar-refractivity contribution is 0.0703. The van der Waals surface area contributed by atoms with Crippen LogP contribution in [-0.2, 0) is 0 Å². The maximum Gasteiger partial charge on any atom is 0.348 e. The van der Waals surface area contributed by atoms with Crippen LogP contribution in [0.2, 0.25) is 0 Å². The van der Waals surface area contributed by atoms with Gasteiger partial charge in [-0.05, 0) is 30.0 Å². The minimum atomic E-state index is -1.05. The number of carboxylic acids is 1. The van der Waals surface area contributed by atoms with Crippen LogP contribution in [-0.4, -0.2) is 17.1 Å². The fourth-order valence-electron chi connectivity index (χ4n) is 1.55. The second-order valence-corrected chi connectivity index (χ2v) is 4.75. The number of benzene rings is 1. The van der Waals surface area contributed by atoms with Crippen LogP contribution in [0.1, 0.15) is 15.2 Å². The van der Waals surface area contributed by atoms with Gasteiger partial charge in [-0.3, -0.25) is 0 Å². The Morgan fingerprint density at radius 3 is 2.47 bits per heavy atom. The van der Waals surface area contributed by atoms with Gasteiger partial charge in [-0.2, -0.15) is 0 Å². The molecule has 2 aromatic rings. The van der Waals surface area contributed by atoms with E-state index in [1.807, 2.05) is 6.07 Å². The Morgan fingerprint density at radius 2 is 1.84 bits per heavy atom. The van der Waals surface area contributed by atoms with E-state index in [9.17, 15) is 9.59 Å². The van der Waals surface area contributed by atoms with E-state index in [4.69, 9.17) is 5.11 Å². The van der Waals surface area contributed by atoms with Crippen molar-refractivity contribution in [1.29, 1.82) is 0 Å². The molecule has 0 aliphatic carbocycles. The molecule has 0 aliphatic rings. The summed E-state index contributed by atoms with van der Waals surface area (Å²) in [6.07, 6.45) is 0. The predicted octanol–water partition coefficient (Wildman–Crippen LogP) is 3.40. The second kappa shape index (κ2) is 5.53. The van der Waals surface area contributed by atoms with Gasteiger partial charge in [-0.1, -0.05) is 18.2 Å². The third kappa shape index (κ3) is 3.11. The molecule has 0 atom stereocenters. The molecule has 2 rings (SSSR count). The van der Waals surface area contributed by atoms with Crippen molar-refractivity contribution in [3.8, 4) is 0 Å². The Morgan fingerprint density at radius 1 is 1.16 bits per heavy atom. The number of hydrogen-bond acceptors (Lipinski definition) is 3. The molecule has 0 unspecified atom stereocenters. The van der Waals surface area contributed by atoms with E-state index in [0.717, 1.165) is 16.9 Å². The van der Waals surface area contributed by atoms with Gasteiger partial charge in [-0.15, -0.1) is 11.3 Å². The molecule has 0 saturated heterocycles. The van der Waals surface area contributed by atoms with Gasteiger partial charge in [0.25, 0.3) is 0 Å². The van der Waals surface area contributed by atoms with Crippen LogP contribution in [0.5, 0.6) is 0 Å². The number of rotatable bonds is 3. The van der Waals surface area contributed by atoms with Crippen LogP contribution >= 0.6 is 11.3 Å². The van der Waals surface area contributed by atoms with Crippen molar-refractivity contribution in [3.63, 3.8) is 0 Å². The molecular weight excluding hydrogens is 264 g/mol. The monoisotopic (exact) mass is 276 g/mol. The number of anilines is 2. The predicted molar refractivity (Wildman–Crippen MR) is 75.1 cm³/mol. The van der Waals surface area contributed by atoms with Crippen LogP contribution in [0.25, 0.3) is 0 Å². The van der Waals surface area contributed by atoms with Gasteiger partial charge in [-0.25, -0.2) is 9.59 Å². The fourth-order valence-corrected chi connectivity index (χ4v) is 2.40. The van der Waals surface area contributed by atoms with Gasteiger partial charge >= 0.3 is 12.0 Å². The zero-order valence-corrected chi connectivity index (χ0v) is 11.0. The minimum absolute atomic E-state index is 0.126. The molecule has 0 aliphatic heterocycles. The molecule has 5 nitrogen and oxygen atoms in total. The molecule has 0 saturated carbocycles. The summed E-state index contributed by atoms with van der Waals surface area (Å²) in [4.78, 5) is 22.9. The van der Waals surface area contributed by atoms with Crippen LogP contribution in [0.3, 0.4) is 0 Å². The van der Waals surface area contributed by atoms with Gasteiger partial charge in [0.05, 0.1) is 5.69 Å². The largest absolute Gasteiger partial charge is 0.477 e. The first kappa shape index (κ1) is 13.1. The lowest BCUT2D eigenvalue weighted by atomic mass is 10.2. The van der Waals surface area contributed by atoms with E-state index in [-0.39, 0.29) is 4.88 Å². The number of carbonyl (C=O) groups is 2. The number of hydrogen-bond donors (Lipinski definition) is 3. The van der Waals surface area contributed by atoms with Gasteiger partial charge in [0.2, 0.25) is 0 Å². The number of amides is 2. The number of para-hydroxylation sites is 1. The average Bonchev–Trinajstić information content (AvgIpc) is 2.72. The molecule has 1 heterocycles. The highest BCUT2D eigenvalue weighted by atomic mass is 32.1. The van der Waals surface area contributed by atoms with Crippen molar-refractivity contribution < 1.29 is 14.7 Å². The maximum absolute atomic E-state index is 11.8. The molecule has 98 valence electrons. The van der Waals surface area contributed by atoms with Crippen LogP contribution < -0.4 is 10.6 Å². The van der Waals surface area contributed by atoms with E-state index in [2.05, 4.69) is 10.6 Å². The lowest BCUT2D eigenvalue weighted by Crippen LogP contribution is -2.20. The molecule has 1 aromatic carbocycles. The highest BCUT2D eigenvalue weighted by molar-refractivity contribution is 7.12. The van der Waals surface area contributed by atoms with E-state index in [0.29, 0.717) is 11.4 Å². The molecule has 19 heavy (non-hydrogen) atoms. The van der Waals surface area contributed by atoms with E-state index in [1.54, 1.807) is 36.6 Å². The van der Waals surface area contributed by atoms with Crippen molar-refractivity contribution in [3.05, 3.63) is 46.2 Å². The zero-order valence-electron chi connectivity index (χ0n) is 10.1. The normalized spacial score (nSPS) is 9.95. The van der Waals surface area contributed by atoms with Gasteiger partial charge in [0, 0.05) is 5.69 Å². The third-order valence-corrected chi connectivity index (χ3v) is 3.53. The Bertz CT molecular complexity index is 608. The van der Waals surface area contributed by atoms with Crippen LogP contribution in [0, 0.1) is 6.92 Å². The van der Waals surface area contributed by atoms with Gasteiger partial charge < -0.3 is 15.7 Å². The maximum atomic E-state index is 11.8. The topological polar surface area (TPSA) is 78.4 Å². The summed E-state index contributed by atoms with van der Waals surface area (Å²) in [6.45, 7) is 1.75. The molecular formula is C13H12N2O3S. The number of carboxylic acid groups (broad SMARTS) is 1. The number of thiophene rings is 1. The summed E-state index contributed by atoms with van der Waals surface area (Å²) in [5.41, 5.74) is 1.71. The van der Waals surface area contributed by atoms with Gasteiger partial charge in [0.1, 0.15) is 4.88 Å². The number of carbonyl (C=O) groups excluding carboxylic acids is 1. The number of nitrogens with one attached hydrogen (secondary N) is 2. The first-order valence-electron chi connectivity index (χ1n) is 5.52. The third-order valence-electron chi connectivity index (χ3n) is 2.44. The molecule has 0 fully saturated rings. The van der Waals surface area contributed by atoms with Crippen LogP contribution in [0.4, 0.5) is 16.2 Å². The molecule has 0 spiro atoms. The summed E-state index contributed by atoms with van der Waals surface area (Å²) in [5.74, 6) is -1.05. The molecule has 0 bridgehead atoms. The number of aryl methyl sites for hydroxylation is 1. The standard InChI is InChI=1S/C13H12N2O3S/c1-8-7-19-11(12(16)17)10(8)15-13(18)14-9-5-3-2-4-6-9/h2-7H,1H3,(H,16,17)(H2,14,15,18). The van der Waals surface area contributed by atoms with Crippen LogP contribution in [0.15, 0.2) is 35.7 Å². The second-order valence-electron chi connectivity index (χ2n) is 3.87. The number of aromatic carboxylic acids is 1. The summed E-state index contributed by atoms with van der Waals surface area (Å²) in [6, 6.07) is 8.47. The molecule has 1 aromatic heterocycles. The molecule has 0 radical (unpaired) electrons. The fraction of sp³-hybridized carbons (Fsp3) is 0.0769.